The highest BCUT2D eigenvalue weighted by Gasteiger charge is 2.39. The zero-order valence-electron chi connectivity index (χ0n) is 14.5. The quantitative estimate of drug-likeness (QED) is 0.566. The molecule has 9 nitrogen and oxygen atoms in total. The third-order valence-electron chi connectivity index (χ3n) is 3.15. The second-order valence-electron chi connectivity index (χ2n) is 6.50. The average molecular weight is 378 g/mol. The number of hydrogen-bond acceptors (Lipinski definition) is 7. The lowest BCUT2D eigenvalue weighted by atomic mass is 10.1. The van der Waals surface area contributed by atoms with E-state index in [9.17, 15) is 19.5 Å². The van der Waals surface area contributed by atoms with E-state index in [0.717, 1.165) is 0 Å². The van der Waals surface area contributed by atoms with Gasteiger partial charge in [0.05, 0.1) is 0 Å². The van der Waals surface area contributed by atoms with E-state index in [1.165, 1.54) is 6.08 Å². The van der Waals surface area contributed by atoms with Crippen LogP contribution in [-0.2, 0) is 19.2 Å². The summed E-state index contributed by atoms with van der Waals surface area (Å²) in [5.41, 5.74) is 6.88. The van der Waals surface area contributed by atoms with Gasteiger partial charge in [-0.2, -0.15) is 0 Å². The molecule has 0 saturated heterocycles. The number of carboxylic acid groups (broad SMARTS) is 1. The van der Waals surface area contributed by atoms with E-state index in [1.807, 2.05) is 0 Å². The molecular weight excluding hydrogens is 354 g/mol. The Bertz CT molecular complexity index is 546. The third-order valence-corrected chi connectivity index (χ3v) is 3.35. The van der Waals surface area contributed by atoms with Crippen LogP contribution >= 0.6 is 11.6 Å². The van der Waals surface area contributed by atoms with Gasteiger partial charge in [-0.1, -0.05) is 11.6 Å². The lowest BCUT2D eigenvalue weighted by Gasteiger charge is -2.30. The van der Waals surface area contributed by atoms with Crippen LogP contribution in [0, 0.1) is 0 Å². The van der Waals surface area contributed by atoms with E-state index in [-0.39, 0.29) is 24.5 Å². The van der Waals surface area contributed by atoms with Crippen LogP contribution in [0.15, 0.2) is 11.2 Å². The number of rotatable bonds is 7. The largest absolute Gasteiger partial charge is 0.480 e. The Labute approximate surface area is 151 Å². The Hall–Kier alpha value is -1.84. The summed E-state index contributed by atoms with van der Waals surface area (Å²) >= 11 is 5.72. The fourth-order valence-electron chi connectivity index (χ4n) is 2.10. The molecule has 0 radical (unpaired) electrons. The molecule has 10 heteroatoms. The summed E-state index contributed by atoms with van der Waals surface area (Å²) in [6.07, 6.45) is -0.206. The van der Waals surface area contributed by atoms with E-state index in [2.05, 4.69) is 5.48 Å². The molecule has 0 aromatic carbocycles. The maximum Gasteiger partial charge on any atom is 0.417 e. The molecule has 0 spiro atoms. The van der Waals surface area contributed by atoms with E-state index in [4.69, 9.17) is 26.9 Å². The van der Waals surface area contributed by atoms with Gasteiger partial charge in [0.1, 0.15) is 22.9 Å². The van der Waals surface area contributed by atoms with Crippen molar-refractivity contribution in [2.75, 3.05) is 6.54 Å². The first kappa shape index (κ1) is 21.2. The van der Waals surface area contributed by atoms with Crippen molar-refractivity contribution in [3.63, 3.8) is 0 Å². The van der Waals surface area contributed by atoms with Gasteiger partial charge < -0.3 is 15.6 Å². The summed E-state index contributed by atoms with van der Waals surface area (Å²) < 4.78 is 5.19. The number of imide groups is 1. The van der Waals surface area contributed by atoms with E-state index in [0.29, 0.717) is 11.3 Å². The Balaban J connectivity index is 3.04. The minimum absolute atomic E-state index is 0.0696. The summed E-state index contributed by atoms with van der Waals surface area (Å²) in [7, 11) is 0. The van der Waals surface area contributed by atoms with Gasteiger partial charge in [-0.25, -0.2) is 14.5 Å². The number of carbonyl (C=O) groups excluding carboxylic acids is 2. The SMILES string of the molecule is CC(C)(C)OC(=O)N(C(=O)CCCN)[C@@H](CC1C=C(Cl)NO1)C(=O)O. The predicted octanol–water partition coefficient (Wildman–Crippen LogP) is 1.32. The Kier molecular flexibility index (Phi) is 7.65. The molecule has 1 aliphatic heterocycles. The normalized spacial score (nSPS) is 18.1. The highest BCUT2D eigenvalue weighted by molar-refractivity contribution is 6.29. The minimum atomic E-state index is -1.47. The standard InChI is InChI=1S/C15H24ClN3O6/c1-15(2,3)24-14(23)19(12(20)5-4-6-17)10(13(21)22)7-9-8-11(16)18-25-9/h8-10,18H,4-7,17H2,1-3H3,(H,21,22)/t9?,10-/m0/s1. The van der Waals surface area contributed by atoms with Crippen molar-refractivity contribution in [3.8, 4) is 0 Å². The molecule has 142 valence electrons. The van der Waals surface area contributed by atoms with Gasteiger partial charge in [-0.15, -0.1) is 0 Å². The Morgan fingerprint density at radius 2 is 2.12 bits per heavy atom. The molecule has 4 N–H and O–H groups in total. The number of halogens is 1. The van der Waals surface area contributed by atoms with Gasteiger partial charge in [-0.05, 0) is 39.8 Å². The molecular formula is C15H24ClN3O6. The number of nitrogens with one attached hydrogen (secondary N) is 1. The molecule has 0 fully saturated rings. The fourth-order valence-corrected chi connectivity index (χ4v) is 2.29. The summed E-state index contributed by atoms with van der Waals surface area (Å²) in [6.45, 7) is 5.10. The van der Waals surface area contributed by atoms with Crippen LogP contribution in [0.25, 0.3) is 0 Å². The van der Waals surface area contributed by atoms with Crippen molar-refractivity contribution in [1.29, 1.82) is 0 Å². The number of nitrogens with zero attached hydrogens (tertiary/aromatic N) is 1. The van der Waals surface area contributed by atoms with Gasteiger partial charge in [0.2, 0.25) is 5.91 Å². The van der Waals surface area contributed by atoms with Crippen LogP contribution in [0.1, 0.15) is 40.0 Å². The van der Waals surface area contributed by atoms with Gasteiger partial charge in [-0.3, -0.25) is 15.1 Å². The van der Waals surface area contributed by atoms with Crippen LogP contribution in [0.2, 0.25) is 0 Å². The van der Waals surface area contributed by atoms with Crippen molar-refractivity contribution in [3.05, 3.63) is 11.2 Å². The number of carboxylic acids is 1. The van der Waals surface area contributed by atoms with Gasteiger partial charge >= 0.3 is 12.1 Å². The number of hydrogen-bond donors (Lipinski definition) is 3. The number of carbonyl (C=O) groups is 3. The Morgan fingerprint density at radius 3 is 2.56 bits per heavy atom. The smallest absolute Gasteiger partial charge is 0.417 e. The van der Waals surface area contributed by atoms with Gasteiger partial charge in [0, 0.05) is 12.8 Å². The van der Waals surface area contributed by atoms with Crippen LogP contribution in [0.5, 0.6) is 0 Å². The first-order valence-electron chi connectivity index (χ1n) is 7.82. The zero-order valence-corrected chi connectivity index (χ0v) is 15.2. The number of ether oxygens (including phenoxy) is 1. The van der Waals surface area contributed by atoms with Crippen molar-refractivity contribution >= 4 is 29.6 Å². The molecule has 1 heterocycles. The molecule has 0 saturated carbocycles. The molecule has 0 aromatic rings. The molecule has 1 rings (SSSR count). The lowest BCUT2D eigenvalue weighted by Crippen LogP contribution is -2.51. The number of nitrogens with two attached hydrogens (primary N) is 1. The van der Waals surface area contributed by atoms with Crippen molar-refractivity contribution in [2.45, 2.75) is 57.8 Å². The highest BCUT2D eigenvalue weighted by atomic mass is 35.5. The summed E-state index contributed by atoms with van der Waals surface area (Å²) in [5, 5.41) is 9.74. The fraction of sp³-hybridized carbons (Fsp3) is 0.667. The monoisotopic (exact) mass is 377 g/mol. The molecule has 1 aliphatic rings. The number of amides is 2. The molecule has 0 aliphatic carbocycles. The highest BCUT2D eigenvalue weighted by Crippen LogP contribution is 2.21. The summed E-state index contributed by atoms with van der Waals surface area (Å²) in [5.74, 6) is -2.03. The van der Waals surface area contributed by atoms with Crippen LogP contribution in [0.4, 0.5) is 4.79 Å². The van der Waals surface area contributed by atoms with E-state index in [1.54, 1.807) is 20.8 Å². The van der Waals surface area contributed by atoms with E-state index >= 15 is 0 Å². The third kappa shape index (κ3) is 6.89. The second kappa shape index (κ2) is 9.02. The van der Waals surface area contributed by atoms with Crippen molar-refractivity contribution in [1.82, 2.24) is 10.4 Å². The van der Waals surface area contributed by atoms with Gasteiger partial charge in [0.25, 0.3) is 0 Å². The molecule has 0 bridgehead atoms. The maximum atomic E-state index is 12.4. The molecule has 2 amide bonds. The minimum Gasteiger partial charge on any atom is -0.480 e. The first-order chi connectivity index (χ1) is 11.5. The first-order valence-corrected chi connectivity index (χ1v) is 8.20. The summed E-state index contributed by atoms with van der Waals surface area (Å²) in [6, 6.07) is -1.47. The van der Waals surface area contributed by atoms with Crippen LogP contribution < -0.4 is 11.2 Å². The second-order valence-corrected chi connectivity index (χ2v) is 6.91. The topological polar surface area (TPSA) is 131 Å². The zero-order chi connectivity index (χ0) is 19.2. The molecule has 0 aromatic heterocycles. The van der Waals surface area contributed by atoms with Crippen molar-refractivity contribution in [2.24, 2.45) is 5.73 Å². The predicted molar refractivity (Wildman–Crippen MR) is 89.4 cm³/mol. The van der Waals surface area contributed by atoms with Crippen molar-refractivity contribution < 1.29 is 29.1 Å². The van der Waals surface area contributed by atoms with Crippen LogP contribution in [0.3, 0.4) is 0 Å². The summed E-state index contributed by atoms with van der Waals surface area (Å²) in [4.78, 5) is 42.3. The number of hydroxylamine groups is 1. The Morgan fingerprint density at radius 1 is 1.48 bits per heavy atom. The molecule has 2 atom stereocenters. The molecule has 25 heavy (non-hydrogen) atoms. The average Bonchev–Trinajstić information content (AvgIpc) is 2.87. The maximum absolute atomic E-state index is 12.4. The van der Waals surface area contributed by atoms with E-state index < -0.39 is 35.7 Å². The molecule has 1 unspecified atom stereocenters. The van der Waals surface area contributed by atoms with Gasteiger partial charge in [0.15, 0.2) is 0 Å². The number of aliphatic carboxylic acids is 1. The lowest BCUT2D eigenvalue weighted by molar-refractivity contribution is -0.151. The van der Waals surface area contributed by atoms with Crippen LogP contribution in [-0.4, -0.2) is 52.3 Å².